The number of aliphatic hydroxyl groups excluding tert-OH is 1. The van der Waals surface area contributed by atoms with Gasteiger partial charge in [0.2, 0.25) is 5.95 Å². The maximum atomic E-state index is 15.0. The lowest BCUT2D eigenvalue weighted by Crippen LogP contribution is -2.48. The second-order valence-electron chi connectivity index (χ2n) is 7.95. The normalized spacial score (nSPS) is 20.8. The first-order chi connectivity index (χ1) is 15.4. The molecule has 1 aliphatic heterocycles. The highest BCUT2D eigenvalue weighted by molar-refractivity contribution is 6.05. The van der Waals surface area contributed by atoms with E-state index in [-0.39, 0.29) is 37.6 Å². The molecule has 1 saturated carbocycles. The first kappa shape index (κ1) is 22.2. The second-order valence-corrected chi connectivity index (χ2v) is 7.95. The summed E-state index contributed by atoms with van der Waals surface area (Å²) in [5.74, 6) is -1.07. The Kier molecular flexibility index (Phi) is 6.40. The van der Waals surface area contributed by atoms with Gasteiger partial charge < -0.3 is 15.2 Å². The van der Waals surface area contributed by atoms with Crippen LogP contribution in [0.5, 0.6) is 5.75 Å². The van der Waals surface area contributed by atoms with Crippen LogP contribution in [0, 0.1) is 11.6 Å². The molecule has 0 atom stereocenters. The van der Waals surface area contributed by atoms with Gasteiger partial charge in [-0.3, -0.25) is 9.80 Å². The molecular weight excluding hydrogens is 420 g/mol. The molecule has 2 aromatic rings. The van der Waals surface area contributed by atoms with Crippen molar-refractivity contribution < 1.29 is 23.4 Å². The summed E-state index contributed by atoms with van der Waals surface area (Å²) in [6.45, 7) is 3.88. The first-order valence-corrected chi connectivity index (χ1v) is 10.9. The number of anilines is 3. The lowest BCUT2D eigenvalue weighted by Gasteiger charge is -2.36. The minimum absolute atomic E-state index is 0.0655. The van der Waals surface area contributed by atoms with Crippen molar-refractivity contribution in [1.82, 2.24) is 9.97 Å². The third-order valence-electron chi connectivity index (χ3n) is 5.84. The van der Waals surface area contributed by atoms with Crippen LogP contribution in [0.4, 0.5) is 31.0 Å². The topological polar surface area (TPSA) is 90.8 Å². The molecule has 1 aliphatic carbocycles. The average Bonchev–Trinajstić information content (AvgIpc) is 2.78. The van der Waals surface area contributed by atoms with E-state index in [2.05, 4.69) is 15.3 Å². The van der Waals surface area contributed by atoms with Crippen LogP contribution in [0.1, 0.15) is 45.1 Å². The monoisotopic (exact) mass is 447 g/mol. The largest absolute Gasteiger partial charge is 0.491 e. The van der Waals surface area contributed by atoms with Gasteiger partial charge in [0.15, 0.2) is 11.6 Å². The number of hydrogen-bond acceptors (Lipinski definition) is 6. The Morgan fingerprint density at radius 1 is 1.22 bits per heavy atom. The van der Waals surface area contributed by atoms with Crippen LogP contribution in [0.3, 0.4) is 0 Å². The molecular formula is C22H27F2N5O3. The highest BCUT2D eigenvalue weighted by atomic mass is 19.1. The van der Waals surface area contributed by atoms with E-state index in [1.807, 2.05) is 0 Å². The van der Waals surface area contributed by atoms with E-state index in [9.17, 15) is 14.3 Å². The van der Waals surface area contributed by atoms with Crippen LogP contribution in [0.25, 0.3) is 0 Å². The summed E-state index contributed by atoms with van der Waals surface area (Å²) in [5.41, 5.74) is 0.129. The molecule has 10 heteroatoms. The third-order valence-corrected chi connectivity index (χ3v) is 5.84. The Hall–Kier alpha value is -3.01. The number of aromatic nitrogens is 2. The summed E-state index contributed by atoms with van der Waals surface area (Å²) in [4.78, 5) is 24.5. The smallest absolute Gasteiger partial charge is 0.330 e. The van der Waals surface area contributed by atoms with Gasteiger partial charge in [0.25, 0.3) is 0 Å². The summed E-state index contributed by atoms with van der Waals surface area (Å²) < 4.78 is 34.9. The summed E-state index contributed by atoms with van der Waals surface area (Å²) >= 11 is 0. The SMILES string of the molecule is CCOc1ccc(F)c(N2Cc3cnc(NC4CCC(O)CC4)nc3N(CC)C2=O)c1F. The third kappa shape index (κ3) is 4.19. The minimum Gasteiger partial charge on any atom is -0.491 e. The van der Waals surface area contributed by atoms with Gasteiger partial charge in [-0.2, -0.15) is 4.98 Å². The highest BCUT2D eigenvalue weighted by Gasteiger charge is 2.36. The predicted molar refractivity (Wildman–Crippen MR) is 116 cm³/mol. The molecule has 0 radical (unpaired) electrons. The number of carbonyl (C=O) groups excluding carboxylic acids is 1. The maximum absolute atomic E-state index is 15.0. The fraction of sp³-hybridized carbons (Fsp3) is 0.500. The number of aliphatic hydroxyl groups is 1. The molecule has 8 nitrogen and oxygen atoms in total. The number of benzene rings is 1. The zero-order valence-corrected chi connectivity index (χ0v) is 18.1. The van der Waals surface area contributed by atoms with Crippen molar-refractivity contribution in [1.29, 1.82) is 0 Å². The van der Waals surface area contributed by atoms with Crippen LogP contribution < -0.4 is 19.9 Å². The Morgan fingerprint density at radius 3 is 2.66 bits per heavy atom. The van der Waals surface area contributed by atoms with Gasteiger partial charge in [-0.25, -0.2) is 18.6 Å². The molecule has 1 aromatic heterocycles. The number of halogens is 2. The molecule has 2 aliphatic rings. The van der Waals surface area contributed by atoms with Gasteiger partial charge >= 0.3 is 6.03 Å². The standard InChI is InChI=1S/C22H27F2N5O3/c1-3-28-20-13(11-25-21(27-20)26-14-5-7-15(30)8-6-14)12-29(22(28)31)19-16(23)9-10-17(18(19)24)32-4-2/h9-11,14-15,30H,3-8,12H2,1-2H3,(H,25,26,27). The van der Waals surface area contributed by atoms with E-state index in [1.165, 1.54) is 11.0 Å². The van der Waals surface area contributed by atoms with E-state index in [1.54, 1.807) is 20.0 Å². The number of nitrogens with one attached hydrogen (secondary N) is 1. The van der Waals surface area contributed by atoms with Gasteiger partial charge in [0.05, 0.1) is 19.3 Å². The molecule has 0 saturated heterocycles. The van der Waals surface area contributed by atoms with Crippen LogP contribution >= 0.6 is 0 Å². The summed E-state index contributed by atoms with van der Waals surface area (Å²) in [5, 5.41) is 13.0. The summed E-state index contributed by atoms with van der Waals surface area (Å²) in [6, 6.07) is 1.87. The molecule has 1 aromatic carbocycles. The molecule has 0 bridgehead atoms. The minimum atomic E-state index is -0.918. The van der Waals surface area contributed by atoms with Gasteiger partial charge in [-0.05, 0) is 51.7 Å². The van der Waals surface area contributed by atoms with Gasteiger partial charge in [-0.1, -0.05) is 0 Å². The molecule has 0 spiro atoms. The van der Waals surface area contributed by atoms with E-state index < -0.39 is 23.4 Å². The summed E-state index contributed by atoms with van der Waals surface area (Å²) in [7, 11) is 0. The molecule has 2 heterocycles. The maximum Gasteiger partial charge on any atom is 0.330 e. The van der Waals surface area contributed by atoms with Crippen LogP contribution in [0.15, 0.2) is 18.3 Å². The fourth-order valence-corrected chi connectivity index (χ4v) is 4.19. The number of ether oxygens (including phenoxy) is 1. The number of rotatable bonds is 6. The first-order valence-electron chi connectivity index (χ1n) is 10.9. The molecule has 2 amide bonds. The molecule has 1 fully saturated rings. The van der Waals surface area contributed by atoms with E-state index in [4.69, 9.17) is 4.74 Å². The lowest BCUT2D eigenvalue weighted by molar-refractivity contribution is 0.126. The Bertz CT molecular complexity index is 998. The zero-order valence-electron chi connectivity index (χ0n) is 18.1. The molecule has 2 N–H and O–H groups in total. The number of nitrogens with zero attached hydrogens (tertiary/aromatic N) is 4. The molecule has 0 unspecified atom stereocenters. The second kappa shape index (κ2) is 9.23. The van der Waals surface area contributed by atoms with Crippen molar-refractivity contribution in [3.05, 3.63) is 35.5 Å². The van der Waals surface area contributed by atoms with Gasteiger partial charge in [-0.15, -0.1) is 0 Å². The van der Waals surface area contributed by atoms with Crippen molar-refractivity contribution in [2.24, 2.45) is 0 Å². The Labute approximate surface area is 185 Å². The van der Waals surface area contributed by atoms with E-state index in [0.29, 0.717) is 17.3 Å². The van der Waals surface area contributed by atoms with Gasteiger partial charge in [0, 0.05) is 24.3 Å². The number of carbonyl (C=O) groups is 1. The number of hydrogen-bond donors (Lipinski definition) is 2. The fourth-order valence-electron chi connectivity index (χ4n) is 4.19. The molecule has 4 rings (SSSR count). The van der Waals surface area contributed by atoms with Gasteiger partial charge in [0.1, 0.15) is 17.3 Å². The van der Waals surface area contributed by atoms with Crippen molar-refractivity contribution in [3.8, 4) is 5.75 Å². The Morgan fingerprint density at radius 2 is 1.97 bits per heavy atom. The van der Waals surface area contributed by atoms with Crippen molar-refractivity contribution in [2.75, 3.05) is 28.3 Å². The number of fused-ring (bicyclic) bond motifs is 1. The summed E-state index contributed by atoms with van der Waals surface area (Å²) in [6.07, 6.45) is 4.36. The van der Waals surface area contributed by atoms with Crippen molar-refractivity contribution >= 4 is 23.5 Å². The quantitative estimate of drug-likeness (QED) is 0.699. The molecule has 172 valence electrons. The van der Waals surface area contributed by atoms with Crippen molar-refractivity contribution in [3.63, 3.8) is 0 Å². The number of amides is 2. The van der Waals surface area contributed by atoms with Crippen molar-refractivity contribution in [2.45, 2.75) is 58.2 Å². The zero-order chi connectivity index (χ0) is 22.8. The van der Waals surface area contributed by atoms with Crippen LogP contribution in [0.2, 0.25) is 0 Å². The predicted octanol–water partition coefficient (Wildman–Crippen LogP) is 3.84. The van der Waals surface area contributed by atoms with E-state index in [0.717, 1.165) is 36.6 Å². The lowest BCUT2D eigenvalue weighted by atomic mass is 9.93. The average molecular weight is 447 g/mol. The highest BCUT2D eigenvalue weighted by Crippen LogP contribution is 2.36. The van der Waals surface area contributed by atoms with Crippen LogP contribution in [-0.2, 0) is 6.54 Å². The van der Waals surface area contributed by atoms with E-state index >= 15 is 4.39 Å². The number of urea groups is 1. The molecule has 32 heavy (non-hydrogen) atoms. The Balaban J connectivity index is 1.63. The van der Waals surface area contributed by atoms with Crippen LogP contribution in [-0.4, -0.2) is 46.4 Å².